The molecule has 5 nitrogen and oxygen atoms in total. The van der Waals surface area contributed by atoms with Crippen LogP contribution in [-0.4, -0.2) is 10.8 Å². The average Bonchev–Trinajstić information content (AvgIpc) is 2.68. The molecule has 0 amide bonds. The smallest absolute Gasteiger partial charge is 0.336 e. The number of aryl methyl sites for hydroxylation is 2. The molecule has 0 atom stereocenters. The van der Waals surface area contributed by atoms with E-state index in [9.17, 15) is 9.90 Å². The molecule has 0 aliphatic rings. The molecule has 0 fully saturated rings. The first-order valence-corrected chi connectivity index (χ1v) is 9.16. The minimum Gasteiger partial charge on any atom is -0.507 e. The van der Waals surface area contributed by atoms with Gasteiger partial charge in [-0.3, -0.25) is 5.43 Å². The lowest BCUT2D eigenvalue weighted by molar-refractivity contribution is 0.467. The summed E-state index contributed by atoms with van der Waals surface area (Å²) in [5.74, 6) is 0.0782. The molecule has 0 aliphatic heterocycles. The maximum absolute atomic E-state index is 11.9. The first-order chi connectivity index (χ1) is 13.0. The molecular weight excluding hydrogens is 340 g/mol. The molecule has 3 aromatic rings. The van der Waals surface area contributed by atoms with E-state index >= 15 is 0 Å². The Kier molecular flexibility index (Phi) is 5.60. The summed E-state index contributed by atoms with van der Waals surface area (Å²) >= 11 is 0. The fourth-order valence-electron chi connectivity index (χ4n) is 3.08. The fourth-order valence-corrected chi connectivity index (χ4v) is 3.08. The highest BCUT2D eigenvalue weighted by atomic mass is 16.4. The highest BCUT2D eigenvalue weighted by Gasteiger charge is 2.16. The molecule has 1 heterocycles. The highest BCUT2D eigenvalue weighted by Crippen LogP contribution is 2.32. The van der Waals surface area contributed by atoms with Crippen molar-refractivity contribution >= 4 is 22.4 Å². The molecule has 2 aromatic carbocycles. The van der Waals surface area contributed by atoms with E-state index in [-0.39, 0.29) is 11.4 Å². The lowest BCUT2D eigenvalue weighted by Gasteiger charge is -2.13. The van der Waals surface area contributed by atoms with Crippen molar-refractivity contribution in [1.82, 2.24) is 0 Å². The van der Waals surface area contributed by atoms with E-state index in [1.54, 1.807) is 13.0 Å². The fraction of sp³-hybridized carbons (Fsp3) is 0.273. The first-order valence-electron chi connectivity index (χ1n) is 9.16. The van der Waals surface area contributed by atoms with Crippen LogP contribution in [0.5, 0.6) is 5.75 Å². The Morgan fingerprint density at radius 2 is 1.96 bits per heavy atom. The number of unbranched alkanes of at least 4 members (excludes halogenated alkanes) is 1. The summed E-state index contributed by atoms with van der Waals surface area (Å²) in [6.45, 7) is 5.70. The Hall–Kier alpha value is -3.08. The van der Waals surface area contributed by atoms with Crippen molar-refractivity contribution in [2.75, 3.05) is 5.43 Å². The van der Waals surface area contributed by atoms with Crippen LogP contribution in [0.3, 0.4) is 0 Å². The first kappa shape index (κ1) is 18.7. The van der Waals surface area contributed by atoms with Gasteiger partial charge in [0, 0.05) is 22.6 Å². The number of fused-ring (bicyclic) bond motifs is 1. The van der Waals surface area contributed by atoms with E-state index in [0.717, 1.165) is 35.9 Å². The number of rotatable bonds is 6. The number of hydrazone groups is 1. The molecule has 140 valence electrons. The summed E-state index contributed by atoms with van der Waals surface area (Å²) in [4.78, 5) is 11.9. The molecule has 0 spiro atoms. The van der Waals surface area contributed by atoms with Gasteiger partial charge in [0.25, 0.3) is 0 Å². The van der Waals surface area contributed by atoms with Crippen molar-refractivity contribution in [3.05, 3.63) is 69.6 Å². The average molecular weight is 364 g/mol. The number of para-hydroxylation sites is 1. The minimum atomic E-state index is -0.389. The van der Waals surface area contributed by atoms with Crippen molar-refractivity contribution in [2.45, 2.75) is 40.0 Å². The van der Waals surface area contributed by atoms with Crippen LogP contribution < -0.4 is 11.1 Å². The predicted octanol–water partition coefficient (Wildman–Crippen LogP) is 4.99. The summed E-state index contributed by atoms with van der Waals surface area (Å²) in [7, 11) is 0. The maximum Gasteiger partial charge on any atom is 0.336 e. The highest BCUT2D eigenvalue weighted by molar-refractivity contribution is 6.05. The van der Waals surface area contributed by atoms with Crippen LogP contribution >= 0.6 is 0 Å². The van der Waals surface area contributed by atoms with E-state index in [1.165, 1.54) is 0 Å². The number of hydrogen-bond acceptors (Lipinski definition) is 5. The largest absolute Gasteiger partial charge is 0.507 e. The van der Waals surface area contributed by atoms with Crippen molar-refractivity contribution in [3.8, 4) is 5.75 Å². The van der Waals surface area contributed by atoms with E-state index in [0.29, 0.717) is 22.4 Å². The van der Waals surface area contributed by atoms with Crippen LogP contribution in [0, 0.1) is 6.92 Å². The van der Waals surface area contributed by atoms with Crippen LogP contribution in [0.2, 0.25) is 0 Å². The van der Waals surface area contributed by atoms with Gasteiger partial charge in [0.05, 0.1) is 11.4 Å². The lowest BCUT2D eigenvalue weighted by atomic mass is 9.97. The van der Waals surface area contributed by atoms with Gasteiger partial charge in [-0.2, -0.15) is 5.10 Å². The van der Waals surface area contributed by atoms with Crippen molar-refractivity contribution in [2.24, 2.45) is 5.10 Å². The Labute approximate surface area is 158 Å². The number of phenols is 1. The van der Waals surface area contributed by atoms with E-state index in [1.807, 2.05) is 43.3 Å². The van der Waals surface area contributed by atoms with Gasteiger partial charge in [0.15, 0.2) is 0 Å². The zero-order valence-electron chi connectivity index (χ0n) is 15.9. The van der Waals surface area contributed by atoms with E-state index in [2.05, 4.69) is 17.5 Å². The van der Waals surface area contributed by atoms with Gasteiger partial charge in [0.1, 0.15) is 11.3 Å². The molecule has 0 unspecified atom stereocenters. The second-order valence-electron chi connectivity index (χ2n) is 6.64. The third kappa shape index (κ3) is 4.03. The molecule has 0 aliphatic carbocycles. The molecule has 0 saturated carbocycles. The number of nitrogens with zero attached hydrogens (tertiary/aromatic N) is 1. The van der Waals surface area contributed by atoms with E-state index in [4.69, 9.17) is 4.42 Å². The molecule has 27 heavy (non-hydrogen) atoms. The van der Waals surface area contributed by atoms with Crippen LogP contribution in [-0.2, 0) is 6.42 Å². The topological polar surface area (TPSA) is 74.8 Å². The molecular formula is C22H24N2O3. The van der Waals surface area contributed by atoms with Gasteiger partial charge in [-0.15, -0.1) is 0 Å². The summed E-state index contributed by atoms with van der Waals surface area (Å²) in [5.41, 5.74) is 6.67. The van der Waals surface area contributed by atoms with Gasteiger partial charge in [-0.1, -0.05) is 31.5 Å². The SMILES string of the molecule is CCCCc1cc(=O)oc2c(C)c(O)c(/C(C)=N\Nc3ccccc3)cc12. The lowest BCUT2D eigenvalue weighted by Crippen LogP contribution is -2.05. The van der Waals surface area contributed by atoms with Crippen molar-refractivity contribution in [1.29, 1.82) is 0 Å². The summed E-state index contributed by atoms with van der Waals surface area (Å²) in [6.07, 6.45) is 2.81. The molecule has 0 radical (unpaired) electrons. The number of benzene rings is 2. The molecule has 0 saturated heterocycles. The standard InChI is InChI=1S/C22H24N2O3/c1-4-5-9-16-12-20(25)27-22-14(2)21(26)18(13-19(16)22)15(3)23-24-17-10-7-6-8-11-17/h6-8,10-13,24,26H,4-5,9H2,1-3H3/b23-15-. The number of hydrogen-bond donors (Lipinski definition) is 2. The second-order valence-corrected chi connectivity index (χ2v) is 6.64. The van der Waals surface area contributed by atoms with Crippen molar-refractivity contribution < 1.29 is 9.52 Å². The molecule has 5 heteroatoms. The Morgan fingerprint density at radius 3 is 2.67 bits per heavy atom. The van der Waals surface area contributed by atoms with Crippen LogP contribution in [0.4, 0.5) is 5.69 Å². The third-order valence-electron chi connectivity index (χ3n) is 4.64. The zero-order valence-corrected chi connectivity index (χ0v) is 15.9. The zero-order chi connectivity index (χ0) is 19.4. The number of phenolic OH excluding ortho intramolecular Hbond substituents is 1. The number of nitrogens with one attached hydrogen (secondary N) is 1. The van der Waals surface area contributed by atoms with Gasteiger partial charge >= 0.3 is 5.63 Å². The van der Waals surface area contributed by atoms with Gasteiger partial charge in [0.2, 0.25) is 0 Å². The van der Waals surface area contributed by atoms with Crippen LogP contribution in [0.15, 0.2) is 56.8 Å². The number of aromatic hydroxyl groups is 1. The third-order valence-corrected chi connectivity index (χ3v) is 4.64. The summed E-state index contributed by atoms with van der Waals surface area (Å²) in [5, 5.41) is 15.9. The normalized spacial score (nSPS) is 11.7. The summed E-state index contributed by atoms with van der Waals surface area (Å²) in [6, 6.07) is 13.0. The molecule has 1 aromatic heterocycles. The Bertz CT molecular complexity index is 1040. The molecule has 0 bridgehead atoms. The summed E-state index contributed by atoms with van der Waals surface area (Å²) < 4.78 is 5.39. The van der Waals surface area contributed by atoms with Crippen molar-refractivity contribution in [3.63, 3.8) is 0 Å². The predicted molar refractivity (Wildman–Crippen MR) is 110 cm³/mol. The minimum absolute atomic E-state index is 0.0782. The molecule has 2 N–H and O–H groups in total. The van der Waals surface area contributed by atoms with Gasteiger partial charge in [-0.25, -0.2) is 4.79 Å². The Morgan fingerprint density at radius 1 is 1.22 bits per heavy atom. The molecule has 3 rings (SSSR count). The van der Waals surface area contributed by atoms with Gasteiger partial charge < -0.3 is 9.52 Å². The van der Waals surface area contributed by atoms with E-state index < -0.39 is 0 Å². The maximum atomic E-state index is 11.9. The van der Waals surface area contributed by atoms with Gasteiger partial charge in [-0.05, 0) is 50.5 Å². The monoisotopic (exact) mass is 364 g/mol. The van der Waals surface area contributed by atoms with Crippen LogP contribution in [0.25, 0.3) is 11.0 Å². The Balaban J connectivity index is 2.08. The quantitative estimate of drug-likeness (QED) is 0.367. The number of anilines is 1. The second kappa shape index (κ2) is 8.08. The van der Waals surface area contributed by atoms with Crippen LogP contribution in [0.1, 0.15) is 43.4 Å².